The molecular weight excluding hydrogens is 329 g/mol. The molecule has 0 amide bonds. The van der Waals surface area contributed by atoms with Crippen molar-refractivity contribution in [2.75, 3.05) is 0 Å². The van der Waals surface area contributed by atoms with Gasteiger partial charge in [-0.1, -0.05) is 16.9 Å². The first-order valence-electron chi connectivity index (χ1n) is 7.21. The molecule has 3 heterocycles. The average Bonchev–Trinajstić information content (AvgIpc) is 3.34. The molecule has 0 aliphatic rings. The van der Waals surface area contributed by atoms with Gasteiger partial charge in [0.2, 0.25) is 5.76 Å². The number of furan rings is 1. The third-order valence-electron chi connectivity index (χ3n) is 3.39. The second-order valence-electron chi connectivity index (χ2n) is 5.06. The van der Waals surface area contributed by atoms with E-state index in [1.807, 2.05) is 12.1 Å². The molecule has 1 aromatic carbocycles. The van der Waals surface area contributed by atoms with Crippen molar-refractivity contribution in [3.05, 3.63) is 66.4 Å². The summed E-state index contributed by atoms with van der Waals surface area (Å²) in [5.41, 5.74) is 2.53. The summed E-state index contributed by atoms with van der Waals surface area (Å²) in [6, 6.07) is 11.7. The van der Waals surface area contributed by atoms with E-state index in [1.165, 1.54) is 23.9 Å². The highest BCUT2D eigenvalue weighted by molar-refractivity contribution is 7.98. The predicted molar refractivity (Wildman–Crippen MR) is 87.7 cm³/mol. The number of halogens is 1. The zero-order valence-corrected chi connectivity index (χ0v) is 13.2. The molecule has 0 saturated heterocycles. The molecule has 0 aliphatic heterocycles. The summed E-state index contributed by atoms with van der Waals surface area (Å²) < 4.78 is 23.5. The molecular formula is C17H12FN3O2S. The van der Waals surface area contributed by atoms with Crippen LogP contribution in [-0.2, 0) is 5.75 Å². The number of rotatable bonds is 5. The van der Waals surface area contributed by atoms with E-state index in [9.17, 15) is 4.39 Å². The minimum absolute atomic E-state index is 0.258. The van der Waals surface area contributed by atoms with E-state index >= 15 is 0 Å². The maximum atomic E-state index is 13.0. The number of benzene rings is 1. The molecule has 120 valence electrons. The molecule has 0 fully saturated rings. The molecule has 3 aromatic heterocycles. The lowest BCUT2D eigenvalue weighted by molar-refractivity contribution is 0.413. The predicted octanol–water partition coefficient (Wildman–Crippen LogP) is 4.76. The van der Waals surface area contributed by atoms with E-state index in [0.717, 1.165) is 22.1 Å². The van der Waals surface area contributed by atoms with Crippen molar-refractivity contribution in [1.82, 2.24) is 15.1 Å². The molecule has 1 N–H and O–H groups in total. The van der Waals surface area contributed by atoms with E-state index in [2.05, 4.69) is 15.1 Å². The summed E-state index contributed by atoms with van der Waals surface area (Å²) in [5.74, 6) is 1.60. The van der Waals surface area contributed by atoms with Gasteiger partial charge in [0.15, 0.2) is 10.9 Å². The molecule has 7 heteroatoms. The Labute approximate surface area is 140 Å². The number of hydrogen-bond donors (Lipinski definition) is 1. The smallest absolute Gasteiger partial charge is 0.202 e. The highest BCUT2D eigenvalue weighted by atomic mass is 32.2. The van der Waals surface area contributed by atoms with Gasteiger partial charge in [-0.05, 0) is 42.0 Å². The normalized spacial score (nSPS) is 11.0. The molecule has 0 atom stereocenters. The maximum Gasteiger partial charge on any atom is 0.202 e. The van der Waals surface area contributed by atoms with E-state index in [-0.39, 0.29) is 5.82 Å². The van der Waals surface area contributed by atoms with Crippen molar-refractivity contribution in [2.45, 2.75) is 10.9 Å². The Kier molecular flexibility index (Phi) is 3.92. The van der Waals surface area contributed by atoms with Gasteiger partial charge >= 0.3 is 0 Å². The number of aromatic nitrogens is 3. The molecule has 0 saturated carbocycles. The summed E-state index contributed by atoms with van der Waals surface area (Å²) in [6.07, 6.45) is 3.32. The Morgan fingerprint density at radius 3 is 2.79 bits per heavy atom. The zero-order valence-electron chi connectivity index (χ0n) is 12.4. The molecule has 0 spiro atoms. The second kappa shape index (κ2) is 6.37. The Morgan fingerprint density at radius 1 is 1.12 bits per heavy atom. The van der Waals surface area contributed by atoms with E-state index in [1.54, 1.807) is 30.7 Å². The van der Waals surface area contributed by atoms with Gasteiger partial charge in [0, 0.05) is 11.8 Å². The summed E-state index contributed by atoms with van der Waals surface area (Å²) in [6.45, 7) is 0. The molecule has 0 bridgehead atoms. The van der Waals surface area contributed by atoms with Crippen LogP contribution >= 0.6 is 11.8 Å². The van der Waals surface area contributed by atoms with Crippen LogP contribution in [0, 0.1) is 5.82 Å². The molecule has 0 unspecified atom stereocenters. The lowest BCUT2D eigenvalue weighted by atomic mass is 10.2. The van der Waals surface area contributed by atoms with Crippen LogP contribution in [0.2, 0.25) is 0 Å². The van der Waals surface area contributed by atoms with Crippen LogP contribution < -0.4 is 0 Å². The second-order valence-corrected chi connectivity index (χ2v) is 6.02. The van der Waals surface area contributed by atoms with E-state index in [0.29, 0.717) is 17.3 Å². The molecule has 24 heavy (non-hydrogen) atoms. The number of hydrogen-bond acceptors (Lipinski definition) is 5. The van der Waals surface area contributed by atoms with Gasteiger partial charge in [-0.3, -0.25) is 0 Å². The van der Waals surface area contributed by atoms with Gasteiger partial charge in [0.05, 0.1) is 23.8 Å². The highest BCUT2D eigenvalue weighted by Crippen LogP contribution is 2.26. The number of thioether (sulfide) groups is 1. The first kappa shape index (κ1) is 14.8. The minimum Gasteiger partial charge on any atom is -0.461 e. The van der Waals surface area contributed by atoms with Crippen LogP contribution in [0.25, 0.3) is 22.8 Å². The van der Waals surface area contributed by atoms with Crippen LogP contribution in [0.4, 0.5) is 4.39 Å². The fourth-order valence-corrected chi connectivity index (χ4v) is 2.94. The van der Waals surface area contributed by atoms with Crippen LogP contribution in [-0.4, -0.2) is 15.1 Å². The highest BCUT2D eigenvalue weighted by Gasteiger charge is 2.10. The van der Waals surface area contributed by atoms with Gasteiger partial charge in [0.1, 0.15) is 5.82 Å². The van der Waals surface area contributed by atoms with Crippen molar-refractivity contribution >= 4 is 11.8 Å². The quantitative estimate of drug-likeness (QED) is 0.530. The zero-order chi connectivity index (χ0) is 16.4. The summed E-state index contributed by atoms with van der Waals surface area (Å²) in [5, 5.41) is 4.78. The fraction of sp³-hybridized carbons (Fsp3) is 0.0588. The van der Waals surface area contributed by atoms with Crippen LogP contribution in [0.3, 0.4) is 0 Å². The van der Waals surface area contributed by atoms with Crippen molar-refractivity contribution < 1.29 is 13.3 Å². The summed E-state index contributed by atoms with van der Waals surface area (Å²) >= 11 is 1.51. The first-order chi connectivity index (χ1) is 11.8. The van der Waals surface area contributed by atoms with E-state index in [4.69, 9.17) is 8.94 Å². The van der Waals surface area contributed by atoms with Gasteiger partial charge in [-0.25, -0.2) is 9.37 Å². The standard InChI is InChI=1S/C17H12FN3O2S/c18-12-5-3-11(4-6-12)14-9-19-17(20-14)24-10-13-8-16(23-21-13)15-2-1-7-22-15/h1-9H,10H2,(H,19,20). The van der Waals surface area contributed by atoms with E-state index < -0.39 is 0 Å². The number of nitrogens with zero attached hydrogens (tertiary/aromatic N) is 2. The lowest BCUT2D eigenvalue weighted by Crippen LogP contribution is -1.82. The third-order valence-corrected chi connectivity index (χ3v) is 4.31. The summed E-state index contributed by atoms with van der Waals surface area (Å²) in [7, 11) is 0. The SMILES string of the molecule is Fc1ccc(-c2cnc(SCc3cc(-c4ccco4)on3)[nH]2)cc1. The minimum atomic E-state index is -0.258. The Hall–Kier alpha value is -2.80. The number of imidazole rings is 1. The number of aromatic amines is 1. The molecule has 0 aliphatic carbocycles. The molecule has 0 radical (unpaired) electrons. The van der Waals surface area contributed by atoms with Crippen LogP contribution in [0.15, 0.2) is 69.0 Å². The third kappa shape index (κ3) is 3.11. The lowest BCUT2D eigenvalue weighted by Gasteiger charge is -1.97. The van der Waals surface area contributed by atoms with Gasteiger partial charge < -0.3 is 13.9 Å². The molecule has 4 rings (SSSR count). The molecule has 4 aromatic rings. The van der Waals surface area contributed by atoms with Crippen molar-refractivity contribution in [1.29, 1.82) is 0 Å². The number of nitrogens with one attached hydrogen (secondary N) is 1. The topological polar surface area (TPSA) is 67.8 Å². The Morgan fingerprint density at radius 2 is 2.00 bits per heavy atom. The van der Waals surface area contributed by atoms with Gasteiger partial charge in [-0.15, -0.1) is 0 Å². The van der Waals surface area contributed by atoms with Crippen molar-refractivity contribution in [2.24, 2.45) is 0 Å². The summed E-state index contributed by atoms with van der Waals surface area (Å²) in [4.78, 5) is 7.53. The Balaban J connectivity index is 1.42. The van der Waals surface area contributed by atoms with Crippen LogP contribution in [0.1, 0.15) is 5.69 Å². The maximum absolute atomic E-state index is 13.0. The molecule has 5 nitrogen and oxygen atoms in total. The Bertz CT molecular complexity index is 929. The largest absolute Gasteiger partial charge is 0.461 e. The first-order valence-corrected chi connectivity index (χ1v) is 8.20. The van der Waals surface area contributed by atoms with Crippen molar-refractivity contribution in [3.8, 4) is 22.8 Å². The fourth-order valence-electron chi connectivity index (χ4n) is 2.21. The van der Waals surface area contributed by atoms with Crippen molar-refractivity contribution in [3.63, 3.8) is 0 Å². The van der Waals surface area contributed by atoms with Gasteiger partial charge in [-0.2, -0.15) is 0 Å². The van der Waals surface area contributed by atoms with Crippen LogP contribution in [0.5, 0.6) is 0 Å². The van der Waals surface area contributed by atoms with Gasteiger partial charge in [0.25, 0.3) is 0 Å². The average molecular weight is 341 g/mol. The monoisotopic (exact) mass is 341 g/mol. The number of H-pyrrole nitrogens is 1.